The molecule has 2 bridgehead atoms. The highest BCUT2D eigenvalue weighted by atomic mass is 79.9. The van der Waals surface area contributed by atoms with Crippen molar-refractivity contribution in [2.45, 2.75) is 46.1 Å². The highest BCUT2D eigenvalue weighted by Crippen LogP contribution is 2.65. The summed E-state index contributed by atoms with van der Waals surface area (Å²) in [6.45, 7) is 7.00. The van der Waals surface area contributed by atoms with Gasteiger partial charge in [0.05, 0.1) is 5.02 Å². The van der Waals surface area contributed by atoms with Crippen LogP contribution in [-0.2, 0) is 4.79 Å². The molecule has 2 aliphatic carbocycles. The van der Waals surface area contributed by atoms with Gasteiger partial charge in [-0.2, -0.15) is 0 Å². The molecule has 0 unspecified atom stereocenters. The predicted molar refractivity (Wildman–Crippen MR) is 95.8 cm³/mol. The summed E-state index contributed by atoms with van der Waals surface area (Å²) in [5, 5.41) is 3.69. The molecule has 126 valence electrons. The van der Waals surface area contributed by atoms with Crippen LogP contribution in [0.25, 0.3) is 0 Å². The fraction of sp³-hybridized carbons (Fsp3) is 0.611. The molecule has 3 nitrogen and oxygen atoms in total. The van der Waals surface area contributed by atoms with Crippen LogP contribution in [0.1, 0.15) is 40.0 Å². The van der Waals surface area contributed by atoms with Gasteiger partial charge >= 0.3 is 0 Å². The van der Waals surface area contributed by atoms with Crippen molar-refractivity contribution in [3.63, 3.8) is 0 Å². The summed E-state index contributed by atoms with van der Waals surface area (Å²) < 4.78 is 6.45. The highest BCUT2D eigenvalue weighted by Gasteiger charge is 2.61. The third-order valence-corrected chi connectivity index (χ3v) is 7.17. The lowest BCUT2D eigenvalue weighted by atomic mass is 9.69. The molecule has 23 heavy (non-hydrogen) atoms. The molecule has 0 radical (unpaired) electrons. The molecule has 3 rings (SSSR count). The second-order valence-corrected chi connectivity index (χ2v) is 8.92. The highest BCUT2D eigenvalue weighted by molar-refractivity contribution is 9.10. The molecule has 0 spiro atoms. The first-order valence-electron chi connectivity index (χ1n) is 8.11. The van der Waals surface area contributed by atoms with Crippen LogP contribution in [0.4, 0.5) is 0 Å². The summed E-state index contributed by atoms with van der Waals surface area (Å²) >= 11 is 9.46. The van der Waals surface area contributed by atoms with Crippen molar-refractivity contribution in [2.24, 2.45) is 16.7 Å². The van der Waals surface area contributed by atoms with E-state index in [1.807, 2.05) is 6.07 Å². The van der Waals surface area contributed by atoms with Gasteiger partial charge in [-0.3, -0.25) is 4.79 Å². The lowest BCUT2D eigenvalue weighted by molar-refractivity contribution is -0.124. The van der Waals surface area contributed by atoms with Crippen LogP contribution in [0.2, 0.25) is 5.02 Å². The molecular weight excluding hydrogens is 378 g/mol. The molecule has 2 fully saturated rings. The van der Waals surface area contributed by atoms with E-state index in [1.54, 1.807) is 12.1 Å². The third-order valence-electron chi connectivity index (χ3n) is 6.38. The third kappa shape index (κ3) is 2.89. The van der Waals surface area contributed by atoms with Crippen molar-refractivity contribution in [3.05, 3.63) is 27.7 Å². The maximum Gasteiger partial charge on any atom is 0.258 e. The number of amides is 1. The van der Waals surface area contributed by atoms with Crippen LogP contribution >= 0.6 is 27.5 Å². The molecule has 1 amide bonds. The Morgan fingerprint density at radius 2 is 2.17 bits per heavy atom. The van der Waals surface area contributed by atoms with Crippen LogP contribution in [0.5, 0.6) is 5.75 Å². The fourth-order valence-corrected chi connectivity index (χ4v) is 5.12. The molecule has 3 atom stereocenters. The Bertz CT molecular complexity index is 633. The summed E-state index contributed by atoms with van der Waals surface area (Å²) in [5.74, 6) is 1.17. The zero-order valence-electron chi connectivity index (χ0n) is 13.8. The molecule has 2 aliphatic rings. The normalized spacial score (nSPS) is 31.2. The van der Waals surface area contributed by atoms with Crippen molar-refractivity contribution in [1.29, 1.82) is 0 Å². The van der Waals surface area contributed by atoms with Gasteiger partial charge in [-0.25, -0.2) is 0 Å². The molecule has 1 aromatic rings. The van der Waals surface area contributed by atoms with Gasteiger partial charge in [0.15, 0.2) is 6.61 Å². The number of benzene rings is 1. The molecule has 5 heteroatoms. The van der Waals surface area contributed by atoms with Crippen molar-refractivity contribution in [3.8, 4) is 5.75 Å². The lowest BCUT2D eigenvalue weighted by Gasteiger charge is -2.39. The summed E-state index contributed by atoms with van der Waals surface area (Å²) in [5.41, 5.74) is 0.476. The molecule has 1 aromatic carbocycles. The van der Waals surface area contributed by atoms with Gasteiger partial charge in [0.25, 0.3) is 5.91 Å². The first kappa shape index (κ1) is 17.1. The second-order valence-electron chi connectivity index (χ2n) is 7.59. The second kappa shape index (κ2) is 5.96. The van der Waals surface area contributed by atoms with Crippen LogP contribution in [0.3, 0.4) is 0 Å². The number of hydrogen-bond acceptors (Lipinski definition) is 2. The van der Waals surface area contributed by atoms with Crippen LogP contribution in [0, 0.1) is 16.7 Å². The molecule has 0 aliphatic heterocycles. The van der Waals surface area contributed by atoms with E-state index in [2.05, 4.69) is 42.0 Å². The standard InChI is InChI=1S/C18H23BrClNO2/c1-17(2)11-6-7-18(17,3)15(8-11)21-16(22)10-23-14-5-4-12(19)9-13(14)20/h4-5,9,11,15H,6-8,10H2,1-3H3,(H,21,22)/t11-,15+,18+/m0/s1. The van der Waals surface area contributed by atoms with Gasteiger partial charge in [0.2, 0.25) is 0 Å². The average Bonchev–Trinajstić information content (AvgIpc) is 2.79. The molecular formula is C18H23BrClNO2. The minimum atomic E-state index is -0.0708. The zero-order chi connectivity index (χ0) is 16.8. The number of nitrogens with one attached hydrogen (secondary N) is 1. The first-order valence-corrected chi connectivity index (χ1v) is 9.28. The van der Waals surface area contributed by atoms with E-state index in [0.717, 1.165) is 10.9 Å². The van der Waals surface area contributed by atoms with Crippen molar-refractivity contribution in [1.82, 2.24) is 5.32 Å². The van der Waals surface area contributed by atoms with E-state index < -0.39 is 0 Å². The summed E-state index contributed by atoms with van der Waals surface area (Å²) in [7, 11) is 0. The number of carbonyl (C=O) groups is 1. The SMILES string of the molecule is CC1(C)[C@H]2CC[C@]1(C)[C@H](NC(=O)COc1ccc(Br)cc1Cl)C2. The summed E-state index contributed by atoms with van der Waals surface area (Å²) in [4.78, 5) is 12.3. The largest absolute Gasteiger partial charge is 0.482 e. The van der Waals surface area contributed by atoms with Crippen LogP contribution in [0.15, 0.2) is 22.7 Å². The Labute approximate surface area is 151 Å². The minimum Gasteiger partial charge on any atom is -0.482 e. The molecule has 0 aromatic heterocycles. The van der Waals surface area contributed by atoms with Crippen LogP contribution in [-0.4, -0.2) is 18.6 Å². The van der Waals surface area contributed by atoms with Gasteiger partial charge in [-0.1, -0.05) is 48.3 Å². The van der Waals surface area contributed by atoms with Gasteiger partial charge < -0.3 is 10.1 Å². The fourth-order valence-electron chi connectivity index (χ4n) is 4.39. The van der Waals surface area contributed by atoms with E-state index in [-0.39, 0.29) is 24.0 Å². The van der Waals surface area contributed by atoms with E-state index >= 15 is 0 Å². The van der Waals surface area contributed by atoms with Crippen molar-refractivity contribution >= 4 is 33.4 Å². The van der Waals surface area contributed by atoms with Crippen LogP contribution < -0.4 is 10.1 Å². The number of carbonyl (C=O) groups excluding carboxylic acids is 1. The van der Waals surface area contributed by atoms with E-state index in [0.29, 0.717) is 22.1 Å². The molecule has 2 saturated carbocycles. The van der Waals surface area contributed by atoms with Crippen molar-refractivity contribution < 1.29 is 9.53 Å². The Kier molecular flexibility index (Phi) is 4.43. The smallest absolute Gasteiger partial charge is 0.258 e. The maximum absolute atomic E-state index is 12.3. The predicted octanol–water partition coefficient (Wildman–Crippen LogP) is 4.81. The number of ether oxygens (including phenoxy) is 1. The Morgan fingerprint density at radius 3 is 2.74 bits per heavy atom. The van der Waals surface area contributed by atoms with Gasteiger partial charge in [-0.15, -0.1) is 0 Å². The van der Waals surface area contributed by atoms with E-state index in [9.17, 15) is 4.79 Å². The zero-order valence-corrected chi connectivity index (χ0v) is 16.1. The lowest BCUT2D eigenvalue weighted by Crippen LogP contribution is -2.48. The monoisotopic (exact) mass is 399 g/mol. The summed E-state index contributed by atoms with van der Waals surface area (Å²) in [6, 6.07) is 5.61. The number of rotatable bonds is 4. The number of fused-ring (bicyclic) bond motifs is 2. The quantitative estimate of drug-likeness (QED) is 0.787. The first-order chi connectivity index (χ1) is 10.7. The Morgan fingerprint density at radius 1 is 1.43 bits per heavy atom. The number of halogens is 2. The maximum atomic E-state index is 12.3. The summed E-state index contributed by atoms with van der Waals surface area (Å²) in [6.07, 6.45) is 3.55. The van der Waals surface area contributed by atoms with Gasteiger partial charge in [-0.05, 0) is 54.2 Å². The van der Waals surface area contributed by atoms with Crippen molar-refractivity contribution in [2.75, 3.05) is 6.61 Å². The average molecular weight is 401 g/mol. The Balaban J connectivity index is 1.58. The van der Waals surface area contributed by atoms with Gasteiger partial charge in [0, 0.05) is 10.5 Å². The molecule has 1 N–H and O–H groups in total. The number of hydrogen-bond donors (Lipinski definition) is 1. The van der Waals surface area contributed by atoms with Gasteiger partial charge in [0.1, 0.15) is 5.75 Å². The molecule has 0 heterocycles. The Hall–Kier alpha value is -0.740. The van der Waals surface area contributed by atoms with E-state index in [4.69, 9.17) is 16.3 Å². The minimum absolute atomic E-state index is 0.000965. The topological polar surface area (TPSA) is 38.3 Å². The van der Waals surface area contributed by atoms with E-state index in [1.165, 1.54) is 12.8 Å². The molecule has 0 saturated heterocycles.